The average molecular weight is 294 g/mol. The zero-order valence-corrected chi connectivity index (χ0v) is 11.9. The van der Waals surface area contributed by atoms with E-state index < -0.39 is 0 Å². The number of rotatable bonds is 2. The Balaban J connectivity index is 1.88. The van der Waals surface area contributed by atoms with E-state index in [2.05, 4.69) is 6.92 Å². The average Bonchev–Trinajstić information content (AvgIpc) is 2.80. The molecule has 2 heterocycles. The number of hydrogen-bond donors (Lipinski definition) is 1. The number of halogens is 1. The highest BCUT2D eigenvalue weighted by Crippen LogP contribution is 2.34. The zero-order valence-electron chi connectivity index (χ0n) is 11.1. The van der Waals surface area contributed by atoms with Crippen molar-refractivity contribution in [2.45, 2.75) is 13.0 Å². The van der Waals surface area contributed by atoms with Crippen LogP contribution in [0.3, 0.4) is 0 Å². The first kappa shape index (κ1) is 13.3. The molecule has 2 aromatic rings. The fraction of sp³-hybridized carbons (Fsp3) is 0.333. The molecule has 2 N–H and O–H groups in total. The summed E-state index contributed by atoms with van der Waals surface area (Å²) in [6.45, 7) is 3.38. The van der Waals surface area contributed by atoms with Crippen LogP contribution < -0.4 is 15.2 Å². The van der Waals surface area contributed by atoms with Crippen LogP contribution in [-0.2, 0) is 0 Å². The Hall–Kier alpha value is -1.65. The third-order valence-corrected chi connectivity index (χ3v) is 3.48. The van der Waals surface area contributed by atoms with Crippen LogP contribution in [0.15, 0.2) is 34.7 Å². The first-order valence-corrected chi connectivity index (χ1v) is 6.91. The highest BCUT2D eigenvalue weighted by molar-refractivity contribution is 6.28. The molecular weight excluding hydrogens is 278 g/mol. The van der Waals surface area contributed by atoms with E-state index in [1.165, 1.54) is 0 Å². The van der Waals surface area contributed by atoms with Crippen LogP contribution in [0, 0.1) is 5.92 Å². The topological polar surface area (TPSA) is 57.6 Å². The van der Waals surface area contributed by atoms with Crippen molar-refractivity contribution in [3.63, 3.8) is 0 Å². The third-order valence-electron chi connectivity index (χ3n) is 3.27. The van der Waals surface area contributed by atoms with Gasteiger partial charge in [-0.1, -0.05) is 13.0 Å². The van der Waals surface area contributed by atoms with Gasteiger partial charge < -0.3 is 19.6 Å². The monoisotopic (exact) mass is 293 g/mol. The Morgan fingerprint density at radius 3 is 2.60 bits per heavy atom. The van der Waals surface area contributed by atoms with Gasteiger partial charge >= 0.3 is 0 Å². The second-order valence-electron chi connectivity index (χ2n) is 5.05. The summed E-state index contributed by atoms with van der Waals surface area (Å²) in [5, 5.41) is 0.332. The molecular formula is C15H16ClNO3. The van der Waals surface area contributed by atoms with E-state index >= 15 is 0 Å². The number of benzene rings is 1. The van der Waals surface area contributed by atoms with Crippen molar-refractivity contribution in [2.75, 3.05) is 13.2 Å². The van der Waals surface area contributed by atoms with Crippen molar-refractivity contribution in [1.82, 2.24) is 0 Å². The van der Waals surface area contributed by atoms with Crippen molar-refractivity contribution in [2.24, 2.45) is 11.7 Å². The molecule has 106 valence electrons. The smallest absolute Gasteiger partial charge is 0.193 e. The van der Waals surface area contributed by atoms with Gasteiger partial charge in [-0.3, -0.25) is 0 Å². The van der Waals surface area contributed by atoms with Gasteiger partial charge in [-0.25, -0.2) is 0 Å². The minimum absolute atomic E-state index is 0.332. The Morgan fingerprint density at radius 1 is 1.15 bits per heavy atom. The second-order valence-corrected chi connectivity index (χ2v) is 5.43. The van der Waals surface area contributed by atoms with E-state index in [9.17, 15) is 0 Å². The quantitative estimate of drug-likeness (QED) is 0.922. The summed E-state index contributed by atoms with van der Waals surface area (Å²) in [5.74, 6) is 2.46. The summed E-state index contributed by atoms with van der Waals surface area (Å²) in [6.07, 6.45) is 0. The molecule has 4 nitrogen and oxygen atoms in total. The molecule has 0 saturated carbocycles. The second kappa shape index (κ2) is 5.38. The molecule has 1 aliphatic rings. The van der Waals surface area contributed by atoms with Crippen molar-refractivity contribution in [3.8, 4) is 11.5 Å². The highest BCUT2D eigenvalue weighted by atomic mass is 35.5. The summed E-state index contributed by atoms with van der Waals surface area (Å²) in [7, 11) is 0. The van der Waals surface area contributed by atoms with E-state index in [4.69, 9.17) is 31.2 Å². The molecule has 2 atom stereocenters. The van der Waals surface area contributed by atoms with Crippen molar-refractivity contribution in [1.29, 1.82) is 0 Å². The van der Waals surface area contributed by atoms with Crippen LogP contribution in [-0.4, -0.2) is 13.2 Å². The lowest BCUT2D eigenvalue weighted by Crippen LogP contribution is -2.12. The van der Waals surface area contributed by atoms with E-state index in [0.29, 0.717) is 30.1 Å². The van der Waals surface area contributed by atoms with Gasteiger partial charge in [0, 0.05) is 5.92 Å². The normalized spacial score (nSPS) is 19.4. The molecule has 1 aliphatic heterocycles. The van der Waals surface area contributed by atoms with Crippen molar-refractivity contribution < 1.29 is 13.9 Å². The number of ether oxygens (including phenoxy) is 2. The number of fused-ring (bicyclic) bond motifs is 1. The first-order valence-electron chi connectivity index (χ1n) is 6.54. The molecule has 0 bridgehead atoms. The molecule has 0 fully saturated rings. The van der Waals surface area contributed by atoms with Gasteiger partial charge in [0.1, 0.15) is 5.76 Å². The maximum absolute atomic E-state index is 6.18. The maximum atomic E-state index is 6.18. The first-order chi connectivity index (χ1) is 9.63. The number of furan rings is 1. The lowest BCUT2D eigenvalue weighted by atomic mass is 10.0. The minimum Gasteiger partial charge on any atom is -0.489 e. The van der Waals surface area contributed by atoms with Crippen LogP contribution in [0.25, 0.3) is 0 Å². The number of nitrogens with two attached hydrogens (primary N) is 1. The predicted octanol–water partition coefficient (Wildman–Crippen LogP) is 3.39. The van der Waals surface area contributed by atoms with Gasteiger partial charge in [0.2, 0.25) is 0 Å². The van der Waals surface area contributed by atoms with Crippen LogP contribution in [0.4, 0.5) is 0 Å². The van der Waals surface area contributed by atoms with Crippen LogP contribution >= 0.6 is 11.6 Å². The van der Waals surface area contributed by atoms with Gasteiger partial charge in [-0.15, -0.1) is 0 Å². The lowest BCUT2D eigenvalue weighted by Gasteiger charge is -2.13. The SMILES string of the molecule is CC1COc2ccc(C(N)c3ccc(Cl)o3)cc2OC1. The van der Waals surface area contributed by atoms with Gasteiger partial charge in [-0.05, 0) is 41.4 Å². The van der Waals surface area contributed by atoms with E-state index in [1.54, 1.807) is 12.1 Å². The summed E-state index contributed by atoms with van der Waals surface area (Å²) >= 11 is 5.78. The predicted molar refractivity (Wildman–Crippen MR) is 76.3 cm³/mol. The maximum Gasteiger partial charge on any atom is 0.193 e. The van der Waals surface area contributed by atoms with Gasteiger partial charge in [0.05, 0.1) is 19.3 Å². The Morgan fingerprint density at radius 2 is 1.90 bits per heavy atom. The summed E-state index contributed by atoms with van der Waals surface area (Å²) in [4.78, 5) is 0. The summed E-state index contributed by atoms with van der Waals surface area (Å²) < 4.78 is 16.8. The van der Waals surface area contributed by atoms with Crippen molar-refractivity contribution >= 4 is 11.6 Å². The standard InChI is InChI=1S/C15H16ClNO3/c1-9-7-18-11-3-2-10(6-13(11)19-8-9)15(17)12-4-5-14(16)20-12/h2-6,9,15H,7-8,17H2,1H3. The molecule has 0 aliphatic carbocycles. The van der Waals surface area contributed by atoms with E-state index in [1.807, 2.05) is 18.2 Å². The summed E-state index contributed by atoms with van der Waals surface area (Å²) in [6, 6.07) is 8.78. The Labute approximate surface area is 122 Å². The minimum atomic E-state index is -0.378. The lowest BCUT2D eigenvalue weighted by molar-refractivity contribution is 0.228. The van der Waals surface area contributed by atoms with Crippen LogP contribution in [0.2, 0.25) is 5.22 Å². The summed E-state index contributed by atoms with van der Waals surface area (Å²) in [5.41, 5.74) is 7.08. The van der Waals surface area contributed by atoms with Gasteiger partial charge in [0.15, 0.2) is 16.7 Å². The fourth-order valence-electron chi connectivity index (χ4n) is 2.12. The molecule has 0 spiro atoms. The molecule has 20 heavy (non-hydrogen) atoms. The van der Waals surface area contributed by atoms with Crippen LogP contribution in [0.5, 0.6) is 11.5 Å². The van der Waals surface area contributed by atoms with E-state index in [0.717, 1.165) is 17.1 Å². The molecule has 1 aromatic heterocycles. The Kier molecular flexibility index (Phi) is 3.59. The molecule has 2 unspecified atom stereocenters. The third kappa shape index (κ3) is 2.62. The largest absolute Gasteiger partial charge is 0.489 e. The zero-order chi connectivity index (χ0) is 14.1. The Bertz CT molecular complexity index is 611. The van der Waals surface area contributed by atoms with Gasteiger partial charge in [0.25, 0.3) is 0 Å². The fourth-order valence-corrected chi connectivity index (χ4v) is 2.27. The van der Waals surface area contributed by atoms with Crippen LogP contribution in [0.1, 0.15) is 24.3 Å². The molecule has 0 amide bonds. The highest BCUT2D eigenvalue weighted by Gasteiger charge is 2.19. The molecule has 0 saturated heterocycles. The molecule has 1 aromatic carbocycles. The number of hydrogen-bond acceptors (Lipinski definition) is 4. The van der Waals surface area contributed by atoms with Crippen molar-refractivity contribution in [3.05, 3.63) is 46.9 Å². The molecule has 0 radical (unpaired) electrons. The molecule has 5 heteroatoms. The molecule has 3 rings (SSSR count). The van der Waals surface area contributed by atoms with Gasteiger partial charge in [-0.2, -0.15) is 0 Å². The van der Waals surface area contributed by atoms with E-state index in [-0.39, 0.29) is 6.04 Å².